The molecule has 2 aromatic heterocycles. The molecule has 0 aliphatic rings. The number of carbonyl (C=O) groups excluding carboxylic acids is 1. The number of rotatable bonds is 7. The number of hydrogen-bond acceptors (Lipinski definition) is 4. The van der Waals surface area contributed by atoms with Crippen LogP contribution in [0.5, 0.6) is 5.88 Å². The van der Waals surface area contributed by atoms with Crippen molar-refractivity contribution in [2.75, 3.05) is 6.61 Å². The summed E-state index contributed by atoms with van der Waals surface area (Å²) in [5.74, 6) is 0.393. The van der Waals surface area contributed by atoms with Gasteiger partial charge in [-0.1, -0.05) is 55.5 Å². The zero-order valence-corrected chi connectivity index (χ0v) is 16.2. The van der Waals surface area contributed by atoms with Gasteiger partial charge in [0.1, 0.15) is 0 Å². The highest BCUT2D eigenvalue weighted by molar-refractivity contribution is 5.94. The Balaban J connectivity index is 1.71. The number of benzene rings is 2. The second kappa shape index (κ2) is 8.56. The number of nitrogens with one attached hydrogen (secondary N) is 1. The van der Waals surface area contributed by atoms with Crippen LogP contribution in [0.1, 0.15) is 29.4 Å². The topological polar surface area (TPSA) is 68.5 Å². The van der Waals surface area contributed by atoms with Crippen LogP contribution in [0.4, 0.5) is 0 Å². The maximum atomic E-state index is 12.5. The SMILES string of the molecule is CCCOc1ccc2nc(-c3ccccc3)c(CNC(=O)c3ccccc3)n2n1. The Bertz CT molecular complexity index is 1110. The first-order valence-electron chi connectivity index (χ1n) is 9.66. The summed E-state index contributed by atoms with van der Waals surface area (Å²) in [4.78, 5) is 17.3. The second-order valence-corrected chi connectivity index (χ2v) is 6.61. The van der Waals surface area contributed by atoms with E-state index in [4.69, 9.17) is 9.72 Å². The lowest BCUT2D eigenvalue weighted by molar-refractivity contribution is 0.0950. The highest BCUT2D eigenvalue weighted by Gasteiger charge is 2.17. The first-order valence-corrected chi connectivity index (χ1v) is 9.66. The van der Waals surface area contributed by atoms with Crippen molar-refractivity contribution in [1.29, 1.82) is 0 Å². The maximum Gasteiger partial charge on any atom is 0.251 e. The van der Waals surface area contributed by atoms with Crippen molar-refractivity contribution in [3.8, 4) is 17.1 Å². The second-order valence-electron chi connectivity index (χ2n) is 6.61. The van der Waals surface area contributed by atoms with Gasteiger partial charge in [0.15, 0.2) is 5.65 Å². The highest BCUT2D eigenvalue weighted by atomic mass is 16.5. The summed E-state index contributed by atoms with van der Waals surface area (Å²) in [7, 11) is 0. The lowest BCUT2D eigenvalue weighted by Gasteiger charge is -2.08. The largest absolute Gasteiger partial charge is 0.477 e. The summed E-state index contributed by atoms with van der Waals surface area (Å²) in [5, 5.41) is 7.58. The fourth-order valence-corrected chi connectivity index (χ4v) is 3.09. The predicted octanol–water partition coefficient (Wildman–Crippen LogP) is 4.12. The summed E-state index contributed by atoms with van der Waals surface area (Å²) in [6.45, 7) is 2.94. The molecule has 0 saturated heterocycles. The Morgan fingerprint density at radius 2 is 1.72 bits per heavy atom. The molecule has 0 unspecified atom stereocenters. The number of hydrogen-bond donors (Lipinski definition) is 1. The van der Waals surface area contributed by atoms with Gasteiger partial charge in [-0.05, 0) is 24.6 Å². The molecule has 4 rings (SSSR count). The lowest BCUT2D eigenvalue weighted by Crippen LogP contribution is -2.24. The van der Waals surface area contributed by atoms with Gasteiger partial charge < -0.3 is 10.1 Å². The molecule has 0 fully saturated rings. The Hall–Kier alpha value is -3.67. The van der Waals surface area contributed by atoms with Crippen molar-refractivity contribution in [3.05, 3.63) is 84.1 Å². The van der Waals surface area contributed by atoms with E-state index >= 15 is 0 Å². The van der Waals surface area contributed by atoms with E-state index in [0.29, 0.717) is 30.2 Å². The van der Waals surface area contributed by atoms with Gasteiger partial charge in [0.2, 0.25) is 5.88 Å². The molecule has 6 nitrogen and oxygen atoms in total. The Kier molecular flexibility index (Phi) is 5.52. The summed E-state index contributed by atoms with van der Waals surface area (Å²) < 4.78 is 7.43. The molecule has 1 N–H and O–H groups in total. The highest BCUT2D eigenvalue weighted by Crippen LogP contribution is 2.25. The number of ether oxygens (including phenoxy) is 1. The van der Waals surface area contributed by atoms with Crippen LogP contribution in [0.3, 0.4) is 0 Å². The number of amides is 1. The molecule has 0 atom stereocenters. The van der Waals surface area contributed by atoms with Crippen molar-refractivity contribution >= 4 is 11.6 Å². The fourth-order valence-electron chi connectivity index (χ4n) is 3.09. The van der Waals surface area contributed by atoms with Crippen LogP contribution in [0.15, 0.2) is 72.8 Å². The molecule has 0 saturated carbocycles. The molecule has 0 bridgehead atoms. The van der Waals surface area contributed by atoms with E-state index in [2.05, 4.69) is 10.4 Å². The molecule has 6 heteroatoms. The Labute approximate surface area is 169 Å². The summed E-state index contributed by atoms with van der Waals surface area (Å²) in [5.41, 5.74) is 3.88. The van der Waals surface area contributed by atoms with Gasteiger partial charge in [0.25, 0.3) is 5.91 Å². The van der Waals surface area contributed by atoms with E-state index in [1.165, 1.54) is 0 Å². The normalized spacial score (nSPS) is 10.8. The molecule has 0 aliphatic carbocycles. The van der Waals surface area contributed by atoms with Crippen molar-refractivity contribution in [2.24, 2.45) is 0 Å². The third-order valence-corrected chi connectivity index (χ3v) is 4.50. The third kappa shape index (κ3) is 4.11. The van der Waals surface area contributed by atoms with Crippen LogP contribution in [0, 0.1) is 0 Å². The van der Waals surface area contributed by atoms with Crippen LogP contribution < -0.4 is 10.1 Å². The van der Waals surface area contributed by atoms with Gasteiger partial charge in [0, 0.05) is 17.2 Å². The van der Waals surface area contributed by atoms with Gasteiger partial charge in [-0.2, -0.15) is 0 Å². The first-order chi connectivity index (χ1) is 14.3. The standard InChI is InChI=1S/C23H22N4O2/c1-2-15-29-21-14-13-20-25-22(17-9-5-3-6-10-17)19(27(20)26-21)16-24-23(28)18-11-7-4-8-12-18/h3-14H,2,15-16H2,1H3,(H,24,28). The molecule has 29 heavy (non-hydrogen) atoms. The molecule has 1 amide bonds. The van der Waals surface area contributed by atoms with Gasteiger partial charge in [-0.25, -0.2) is 9.50 Å². The minimum Gasteiger partial charge on any atom is -0.477 e. The lowest BCUT2D eigenvalue weighted by atomic mass is 10.1. The maximum absolute atomic E-state index is 12.5. The molecule has 4 aromatic rings. The Morgan fingerprint density at radius 1 is 1.00 bits per heavy atom. The number of nitrogens with zero attached hydrogens (tertiary/aromatic N) is 3. The van der Waals surface area contributed by atoms with Crippen LogP contribution >= 0.6 is 0 Å². The van der Waals surface area contributed by atoms with Crippen LogP contribution in [-0.2, 0) is 6.54 Å². The molecule has 2 aromatic carbocycles. The van der Waals surface area contributed by atoms with E-state index < -0.39 is 0 Å². The summed E-state index contributed by atoms with van der Waals surface area (Å²) in [6.07, 6.45) is 0.902. The number of fused-ring (bicyclic) bond motifs is 1. The number of carbonyl (C=O) groups is 1. The van der Waals surface area contributed by atoms with Crippen LogP contribution in [0.2, 0.25) is 0 Å². The van der Waals surface area contributed by atoms with Crippen molar-refractivity contribution in [2.45, 2.75) is 19.9 Å². The molecular weight excluding hydrogens is 364 g/mol. The minimum absolute atomic E-state index is 0.141. The quantitative estimate of drug-likeness (QED) is 0.519. The van der Waals surface area contributed by atoms with Gasteiger partial charge >= 0.3 is 0 Å². The fraction of sp³-hybridized carbons (Fsp3) is 0.174. The zero-order valence-electron chi connectivity index (χ0n) is 16.2. The number of imidazole rings is 1. The average Bonchev–Trinajstić information content (AvgIpc) is 3.15. The molecule has 0 aliphatic heterocycles. The summed E-state index contributed by atoms with van der Waals surface area (Å²) >= 11 is 0. The van der Waals surface area contributed by atoms with E-state index in [1.807, 2.05) is 67.6 Å². The zero-order chi connectivity index (χ0) is 20.1. The van der Waals surface area contributed by atoms with E-state index in [-0.39, 0.29) is 5.91 Å². The van der Waals surface area contributed by atoms with Gasteiger partial charge in [0.05, 0.1) is 24.5 Å². The molecule has 0 spiro atoms. The van der Waals surface area contributed by atoms with Gasteiger partial charge in [-0.15, -0.1) is 5.10 Å². The van der Waals surface area contributed by atoms with Crippen LogP contribution in [0.25, 0.3) is 16.9 Å². The van der Waals surface area contributed by atoms with E-state index in [9.17, 15) is 4.79 Å². The molecular formula is C23H22N4O2. The smallest absolute Gasteiger partial charge is 0.251 e. The number of aromatic nitrogens is 3. The first kappa shape index (κ1) is 18.7. The van der Waals surface area contributed by atoms with E-state index in [0.717, 1.165) is 23.4 Å². The van der Waals surface area contributed by atoms with Crippen molar-refractivity contribution < 1.29 is 9.53 Å². The van der Waals surface area contributed by atoms with Gasteiger partial charge in [-0.3, -0.25) is 4.79 Å². The Morgan fingerprint density at radius 3 is 2.45 bits per heavy atom. The third-order valence-electron chi connectivity index (χ3n) is 4.50. The molecule has 0 radical (unpaired) electrons. The molecule has 2 heterocycles. The monoisotopic (exact) mass is 386 g/mol. The molecule has 146 valence electrons. The van der Waals surface area contributed by atoms with E-state index in [1.54, 1.807) is 16.6 Å². The van der Waals surface area contributed by atoms with Crippen molar-refractivity contribution in [1.82, 2.24) is 19.9 Å². The van der Waals surface area contributed by atoms with Crippen molar-refractivity contribution in [3.63, 3.8) is 0 Å². The predicted molar refractivity (Wildman–Crippen MR) is 112 cm³/mol. The average molecular weight is 386 g/mol. The minimum atomic E-state index is -0.141. The van der Waals surface area contributed by atoms with Crippen LogP contribution in [-0.4, -0.2) is 27.1 Å². The summed E-state index contributed by atoms with van der Waals surface area (Å²) in [6, 6.07) is 22.7.